The van der Waals surface area contributed by atoms with Crippen LogP contribution in [0.25, 0.3) is 0 Å². The van der Waals surface area contributed by atoms with Gasteiger partial charge in [0.1, 0.15) is 5.76 Å². The normalized spacial score (nSPS) is 34.4. The number of rotatable bonds is 3. The standard InChI is InChI=1S/C16H24N2O2/c1-15(2)10-6-7-16(15,3)13(8-10)18-14(19)12-5-4-11(9-17)20-12/h4-5,10,13H,6-9,17H2,1-3H3,(H,18,19). The van der Waals surface area contributed by atoms with Crippen LogP contribution in [0.3, 0.4) is 0 Å². The Morgan fingerprint density at radius 1 is 1.45 bits per heavy atom. The number of amides is 1. The van der Waals surface area contributed by atoms with Gasteiger partial charge in [-0.3, -0.25) is 4.79 Å². The monoisotopic (exact) mass is 276 g/mol. The van der Waals surface area contributed by atoms with Crippen LogP contribution < -0.4 is 11.1 Å². The van der Waals surface area contributed by atoms with Gasteiger partial charge in [0.25, 0.3) is 5.91 Å². The van der Waals surface area contributed by atoms with Crippen molar-refractivity contribution in [3.63, 3.8) is 0 Å². The molecule has 3 atom stereocenters. The van der Waals surface area contributed by atoms with Crippen molar-refractivity contribution in [2.75, 3.05) is 0 Å². The SMILES string of the molecule is CC1(C)C2CCC1(C)C(NC(=O)c1ccc(CN)o1)C2. The van der Waals surface area contributed by atoms with Gasteiger partial charge in [-0.2, -0.15) is 0 Å². The number of nitrogens with two attached hydrogens (primary N) is 1. The van der Waals surface area contributed by atoms with E-state index < -0.39 is 0 Å². The van der Waals surface area contributed by atoms with Crippen LogP contribution in [0.15, 0.2) is 16.5 Å². The minimum absolute atomic E-state index is 0.112. The van der Waals surface area contributed by atoms with Crippen molar-refractivity contribution in [3.8, 4) is 0 Å². The quantitative estimate of drug-likeness (QED) is 0.892. The third kappa shape index (κ3) is 1.74. The Morgan fingerprint density at radius 3 is 2.70 bits per heavy atom. The molecule has 1 aromatic heterocycles. The number of fused-ring (bicyclic) bond motifs is 2. The Balaban J connectivity index is 1.75. The fraction of sp³-hybridized carbons (Fsp3) is 0.688. The van der Waals surface area contributed by atoms with E-state index >= 15 is 0 Å². The average Bonchev–Trinajstić information content (AvgIpc) is 3.01. The summed E-state index contributed by atoms with van der Waals surface area (Å²) >= 11 is 0. The summed E-state index contributed by atoms with van der Waals surface area (Å²) in [4.78, 5) is 12.3. The second kappa shape index (κ2) is 4.35. The highest BCUT2D eigenvalue weighted by Gasteiger charge is 2.61. The lowest BCUT2D eigenvalue weighted by atomic mass is 9.69. The van der Waals surface area contributed by atoms with Crippen molar-refractivity contribution >= 4 is 5.91 Å². The Hall–Kier alpha value is -1.29. The number of hydrogen-bond donors (Lipinski definition) is 2. The second-order valence-electron chi connectivity index (χ2n) is 7.11. The van der Waals surface area contributed by atoms with Crippen molar-refractivity contribution in [2.24, 2.45) is 22.5 Å². The second-order valence-corrected chi connectivity index (χ2v) is 7.11. The van der Waals surface area contributed by atoms with E-state index in [-0.39, 0.29) is 17.4 Å². The third-order valence-electron chi connectivity index (χ3n) is 6.19. The minimum Gasteiger partial charge on any atom is -0.455 e. The van der Waals surface area contributed by atoms with Crippen LogP contribution in [-0.2, 0) is 6.54 Å². The first kappa shape index (κ1) is 13.7. The molecule has 20 heavy (non-hydrogen) atoms. The zero-order valence-corrected chi connectivity index (χ0v) is 12.5. The molecule has 0 aromatic carbocycles. The van der Waals surface area contributed by atoms with Crippen LogP contribution in [0, 0.1) is 16.7 Å². The van der Waals surface area contributed by atoms with Gasteiger partial charge in [-0.1, -0.05) is 20.8 Å². The van der Waals surface area contributed by atoms with Crippen LogP contribution in [0.5, 0.6) is 0 Å². The lowest BCUT2D eigenvalue weighted by molar-refractivity contribution is 0.0799. The molecule has 3 unspecified atom stereocenters. The van der Waals surface area contributed by atoms with E-state index in [0.29, 0.717) is 29.4 Å². The molecule has 0 spiro atoms. The molecule has 1 amide bonds. The zero-order chi connectivity index (χ0) is 14.5. The van der Waals surface area contributed by atoms with E-state index in [4.69, 9.17) is 10.2 Å². The van der Waals surface area contributed by atoms with Crippen LogP contribution in [0.2, 0.25) is 0 Å². The Morgan fingerprint density at radius 2 is 2.20 bits per heavy atom. The van der Waals surface area contributed by atoms with Crippen molar-refractivity contribution in [1.82, 2.24) is 5.32 Å². The zero-order valence-electron chi connectivity index (χ0n) is 12.5. The molecule has 2 aliphatic carbocycles. The van der Waals surface area contributed by atoms with Crippen molar-refractivity contribution in [2.45, 2.75) is 52.6 Å². The highest BCUT2D eigenvalue weighted by Crippen LogP contribution is 2.65. The van der Waals surface area contributed by atoms with Gasteiger partial charge in [0.05, 0.1) is 6.54 Å². The molecule has 2 saturated carbocycles. The summed E-state index contributed by atoms with van der Waals surface area (Å²) in [5, 5.41) is 3.19. The van der Waals surface area contributed by atoms with E-state index in [1.165, 1.54) is 12.8 Å². The molecule has 0 saturated heterocycles. The number of carbonyl (C=O) groups excluding carboxylic acids is 1. The van der Waals surface area contributed by atoms with E-state index in [2.05, 4.69) is 26.1 Å². The van der Waals surface area contributed by atoms with Crippen LogP contribution in [-0.4, -0.2) is 11.9 Å². The largest absolute Gasteiger partial charge is 0.455 e. The summed E-state index contributed by atoms with van der Waals surface area (Å²) < 4.78 is 5.43. The molecule has 2 aliphatic rings. The first-order valence-electron chi connectivity index (χ1n) is 7.48. The fourth-order valence-corrected chi connectivity index (χ4v) is 4.26. The van der Waals surface area contributed by atoms with Gasteiger partial charge in [-0.05, 0) is 48.1 Å². The predicted molar refractivity (Wildman–Crippen MR) is 77.1 cm³/mol. The highest BCUT2D eigenvalue weighted by atomic mass is 16.4. The maximum Gasteiger partial charge on any atom is 0.287 e. The van der Waals surface area contributed by atoms with E-state index in [1.54, 1.807) is 12.1 Å². The number of nitrogens with one attached hydrogen (secondary N) is 1. The lowest BCUT2D eigenvalue weighted by Gasteiger charge is -2.39. The Bertz CT molecular complexity index is 534. The molecular formula is C16H24N2O2. The molecular weight excluding hydrogens is 252 g/mol. The van der Waals surface area contributed by atoms with E-state index in [9.17, 15) is 4.79 Å². The molecule has 4 nitrogen and oxygen atoms in total. The Labute approximate surface area is 120 Å². The maximum atomic E-state index is 12.3. The van der Waals surface area contributed by atoms with Gasteiger partial charge in [0, 0.05) is 6.04 Å². The summed E-state index contributed by atoms with van der Waals surface area (Å²) in [7, 11) is 0. The number of carbonyl (C=O) groups is 1. The van der Waals surface area contributed by atoms with Crippen molar-refractivity contribution in [1.29, 1.82) is 0 Å². The summed E-state index contributed by atoms with van der Waals surface area (Å²) in [5.41, 5.74) is 6.00. The van der Waals surface area contributed by atoms with Crippen molar-refractivity contribution < 1.29 is 9.21 Å². The summed E-state index contributed by atoms with van der Waals surface area (Å²) in [6, 6.07) is 3.72. The average molecular weight is 276 g/mol. The molecule has 0 aliphatic heterocycles. The molecule has 2 bridgehead atoms. The van der Waals surface area contributed by atoms with E-state index in [1.807, 2.05) is 0 Å². The molecule has 3 rings (SSSR count). The summed E-state index contributed by atoms with van der Waals surface area (Å²) in [6.45, 7) is 7.33. The molecule has 1 aromatic rings. The fourth-order valence-electron chi connectivity index (χ4n) is 4.26. The Kier molecular flexibility index (Phi) is 2.98. The summed E-state index contributed by atoms with van der Waals surface area (Å²) in [5.74, 6) is 1.62. The van der Waals surface area contributed by atoms with Crippen LogP contribution in [0.1, 0.15) is 56.3 Å². The third-order valence-corrected chi connectivity index (χ3v) is 6.19. The molecule has 1 heterocycles. The van der Waals surface area contributed by atoms with Gasteiger partial charge in [-0.25, -0.2) is 0 Å². The van der Waals surface area contributed by atoms with Gasteiger partial charge < -0.3 is 15.5 Å². The van der Waals surface area contributed by atoms with Gasteiger partial charge >= 0.3 is 0 Å². The minimum atomic E-state index is -0.112. The van der Waals surface area contributed by atoms with Gasteiger partial charge in [-0.15, -0.1) is 0 Å². The van der Waals surface area contributed by atoms with Crippen molar-refractivity contribution in [3.05, 3.63) is 23.7 Å². The first-order chi connectivity index (χ1) is 9.38. The first-order valence-corrected chi connectivity index (χ1v) is 7.48. The van der Waals surface area contributed by atoms with Crippen LogP contribution in [0.4, 0.5) is 0 Å². The summed E-state index contributed by atoms with van der Waals surface area (Å²) in [6.07, 6.45) is 3.56. The molecule has 3 N–H and O–H groups in total. The van der Waals surface area contributed by atoms with Gasteiger partial charge in [0.15, 0.2) is 5.76 Å². The van der Waals surface area contributed by atoms with Gasteiger partial charge in [0.2, 0.25) is 0 Å². The predicted octanol–water partition coefficient (Wildman–Crippen LogP) is 2.68. The highest BCUT2D eigenvalue weighted by molar-refractivity contribution is 5.91. The molecule has 4 heteroatoms. The van der Waals surface area contributed by atoms with E-state index in [0.717, 1.165) is 6.42 Å². The van der Waals surface area contributed by atoms with Crippen LogP contribution >= 0.6 is 0 Å². The molecule has 110 valence electrons. The maximum absolute atomic E-state index is 12.3. The smallest absolute Gasteiger partial charge is 0.287 e. The number of hydrogen-bond acceptors (Lipinski definition) is 3. The lowest BCUT2D eigenvalue weighted by Crippen LogP contribution is -2.46. The molecule has 0 radical (unpaired) electrons. The topological polar surface area (TPSA) is 68.3 Å². The molecule has 2 fully saturated rings. The number of furan rings is 1.